The van der Waals surface area contributed by atoms with Gasteiger partial charge in [-0.3, -0.25) is 9.79 Å². The Balaban J connectivity index is 1.85. The lowest BCUT2D eigenvalue weighted by molar-refractivity contribution is 0.171. The van der Waals surface area contributed by atoms with E-state index in [1.165, 1.54) is 20.3 Å². The second-order valence-corrected chi connectivity index (χ2v) is 7.04. The highest BCUT2D eigenvalue weighted by Gasteiger charge is 2.26. The topological polar surface area (TPSA) is 145 Å². The van der Waals surface area contributed by atoms with Crippen molar-refractivity contribution in [2.75, 3.05) is 21.0 Å². The lowest BCUT2D eigenvalue weighted by Gasteiger charge is -2.13. The fourth-order valence-corrected chi connectivity index (χ4v) is 3.32. The van der Waals surface area contributed by atoms with Gasteiger partial charge in [0.15, 0.2) is 11.5 Å². The standard InChI is InChI=1S/C17H16N3O8P/c1-24-10-3-4-11(12(7-10)28-29(21,22)23)16-15(18-20-19-16)9-5-13(25-2)17-14(6-9)26-8-27-17/h3-7H,8H2,1-2H3,(H,18,19,20)(H2,21,22,23). The molecule has 1 aliphatic heterocycles. The van der Waals surface area contributed by atoms with E-state index >= 15 is 0 Å². The van der Waals surface area contributed by atoms with Crippen LogP contribution in [0, 0.1) is 0 Å². The average Bonchev–Trinajstić information content (AvgIpc) is 3.35. The van der Waals surface area contributed by atoms with Crippen LogP contribution < -0.4 is 23.5 Å². The van der Waals surface area contributed by atoms with Crippen LogP contribution >= 0.6 is 7.82 Å². The highest BCUT2D eigenvalue weighted by Crippen LogP contribution is 2.47. The third-order valence-electron chi connectivity index (χ3n) is 4.14. The average molecular weight is 421 g/mol. The predicted molar refractivity (Wildman–Crippen MR) is 99.2 cm³/mol. The van der Waals surface area contributed by atoms with Crippen LogP contribution in [-0.4, -0.2) is 46.2 Å². The van der Waals surface area contributed by atoms with Crippen LogP contribution in [0.1, 0.15) is 0 Å². The molecule has 12 heteroatoms. The van der Waals surface area contributed by atoms with Gasteiger partial charge in [0.2, 0.25) is 12.5 Å². The second-order valence-electron chi connectivity index (χ2n) is 5.88. The SMILES string of the molecule is COc1ccc(-c2n[nH]nc2-c2cc(OC)c3c(c2)OCO3)c(OP(=O)(O)O)c1. The molecule has 2 heterocycles. The van der Waals surface area contributed by atoms with Crippen molar-refractivity contribution in [3.8, 4) is 51.3 Å². The summed E-state index contributed by atoms with van der Waals surface area (Å²) in [6.07, 6.45) is 0. The molecule has 0 spiro atoms. The van der Waals surface area contributed by atoms with Crippen molar-refractivity contribution in [1.82, 2.24) is 15.4 Å². The third kappa shape index (κ3) is 3.70. The lowest BCUT2D eigenvalue weighted by Crippen LogP contribution is -1.95. The van der Waals surface area contributed by atoms with E-state index in [1.807, 2.05) is 0 Å². The zero-order valence-electron chi connectivity index (χ0n) is 15.3. The van der Waals surface area contributed by atoms with Crippen molar-refractivity contribution in [3.05, 3.63) is 30.3 Å². The number of aromatic nitrogens is 3. The Morgan fingerprint density at radius 1 is 1.03 bits per heavy atom. The van der Waals surface area contributed by atoms with Crippen molar-refractivity contribution >= 4 is 7.82 Å². The van der Waals surface area contributed by atoms with Gasteiger partial charge in [-0.1, -0.05) is 0 Å². The van der Waals surface area contributed by atoms with Gasteiger partial charge >= 0.3 is 7.82 Å². The van der Waals surface area contributed by atoms with Crippen LogP contribution in [0.25, 0.3) is 22.5 Å². The molecule has 0 aliphatic carbocycles. The van der Waals surface area contributed by atoms with E-state index in [0.717, 1.165) is 0 Å². The molecule has 11 nitrogen and oxygen atoms in total. The van der Waals surface area contributed by atoms with E-state index in [9.17, 15) is 14.4 Å². The maximum atomic E-state index is 11.4. The molecule has 29 heavy (non-hydrogen) atoms. The summed E-state index contributed by atoms with van der Waals surface area (Å²) in [5, 5.41) is 10.8. The quantitative estimate of drug-likeness (QED) is 0.507. The monoisotopic (exact) mass is 421 g/mol. The van der Waals surface area contributed by atoms with Crippen molar-refractivity contribution in [3.63, 3.8) is 0 Å². The fraction of sp³-hybridized carbons (Fsp3) is 0.176. The molecule has 152 valence electrons. The molecular formula is C17H16N3O8P. The summed E-state index contributed by atoms with van der Waals surface area (Å²) in [7, 11) is -1.90. The minimum Gasteiger partial charge on any atom is -0.497 e. The van der Waals surface area contributed by atoms with E-state index in [2.05, 4.69) is 15.4 Å². The molecule has 2 aromatic carbocycles. The Morgan fingerprint density at radius 2 is 1.83 bits per heavy atom. The predicted octanol–water partition coefficient (Wildman–Crippen LogP) is 2.36. The molecule has 3 aromatic rings. The molecule has 0 fully saturated rings. The number of methoxy groups -OCH3 is 2. The minimum absolute atomic E-state index is 0.0690. The first-order chi connectivity index (χ1) is 13.9. The smallest absolute Gasteiger partial charge is 0.497 e. The van der Waals surface area contributed by atoms with Gasteiger partial charge in [-0.2, -0.15) is 15.4 Å². The zero-order valence-corrected chi connectivity index (χ0v) is 16.2. The summed E-state index contributed by atoms with van der Waals surface area (Å²) in [5.74, 6) is 1.66. The first-order valence-electron chi connectivity index (χ1n) is 8.22. The summed E-state index contributed by atoms with van der Waals surface area (Å²) in [4.78, 5) is 18.5. The van der Waals surface area contributed by atoms with E-state index in [0.29, 0.717) is 45.5 Å². The molecule has 0 saturated heterocycles. The van der Waals surface area contributed by atoms with Crippen molar-refractivity contribution in [1.29, 1.82) is 0 Å². The fourth-order valence-electron chi connectivity index (χ4n) is 2.92. The Hall–Kier alpha value is -3.27. The second kappa shape index (κ2) is 7.28. The molecule has 0 unspecified atom stereocenters. The van der Waals surface area contributed by atoms with E-state index < -0.39 is 7.82 Å². The van der Waals surface area contributed by atoms with Gasteiger partial charge in [-0.25, -0.2) is 4.57 Å². The Bertz CT molecular complexity index is 1110. The lowest BCUT2D eigenvalue weighted by atomic mass is 10.0. The molecule has 1 aromatic heterocycles. The maximum absolute atomic E-state index is 11.4. The number of rotatable bonds is 6. The first-order valence-corrected chi connectivity index (χ1v) is 9.75. The molecule has 0 radical (unpaired) electrons. The molecular weight excluding hydrogens is 405 g/mol. The summed E-state index contributed by atoms with van der Waals surface area (Å²) in [5.41, 5.74) is 1.58. The Labute approximate surface area is 164 Å². The van der Waals surface area contributed by atoms with Gasteiger partial charge in [-0.15, -0.1) is 0 Å². The highest BCUT2D eigenvalue weighted by atomic mass is 31.2. The van der Waals surface area contributed by atoms with Gasteiger partial charge in [0, 0.05) is 17.2 Å². The molecule has 1 aliphatic rings. The maximum Gasteiger partial charge on any atom is 0.524 e. The van der Waals surface area contributed by atoms with E-state index in [-0.39, 0.29) is 12.5 Å². The number of phosphoric ester groups is 1. The normalized spacial score (nSPS) is 12.7. The molecule has 0 amide bonds. The summed E-state index contributed by atoms with van der Waals surface area (Å²) < 4.78 is 37.6. The van der Waals surface area contributed by atoms with E-state index in [1.54, 1.807) is 24.3 Å². The molecule has 4 rings (SSSR count). The minimum atomic E-state index is -4.83. The van der Waals surface area contributed by atoms with Gasteiger partial charge in [0.05, 0.1) is 14.2 Å². The van der Waals surface area contributed by atoms with Crippen LogP contribution in [0.2, 0.25) is 0 Å². The van der Waals surface area contributed by atoms with Gasteiger partial charge in [0.1, 0.15) is 22.9 Å². The number of H-pyrrole nitrogens is 1. The summed E-state index contributed by atoms with van der Waals surface area (Å²) in [6, 6.07) is 7.93. The van der Waals surface area contributed by atoms with Crippen LogP contribution in [0.5, 0.6) is 28.7 Å². The van der Waals surface area contributed by atoms with Crippen molar-refractivity contribution in [2.45, 2.75) is 0 Å². The first kappa shape index (κ1) is 19.1. The van der Waals surface area contributed by atoms with Crippen LogP contribution in [-0.2, 0) is 4.57 Å². The Kier molecular flexibility index (Phi) is 4.79. The molecule has 3 N–H and O–H groups in total. The third-order valence-corrected chi connectivity index (χ3v) is 4.58. The molecule has 0 atom stereocenters. The number of aromatic amines is 1. The highest BCUT2D eigenvalue weighted by molar-refractivity contribution is 7.46. The van der Waals surface area contributed by atoms with Crippen molar-refractivity contribution < 1.29 is 37.8 Å². The number of nitrogens with one attached hydrogen (secondary N) is 1. The number of fused-ring (bicyclic) bond motifs is 1. The van der Waals surface area contributed by atoms with Gasteiger partial charge < -0.3 is 23.5 Å². The largest absolute Gasteiger partial charge is 0.524 e. The molecule has 0 bridgehead atoms. The van der Waals surface area contributed by atoms with Crippen LogP contribution in [0.4, 0.5) is 0 Å². The van der Waals surface area contributed by atoms with Crippen LogP contribution in [0.15, 0.2) is 30.3 Å². The number of hydrogen-bond acceptors (Lipinski definition) is 8. The van der Waals surface area contributed by atoms with E-state index in [4.69, 9.17) is 23.5 Å². The van der Waals surface area contributed by atoms with Gasteiger partial charge in [0.25, 0.3) is 0 Å². The number of nitrogens with zero attached hydrogens (tertiary/aromatic N) is 2. The number of phosphoric acid groups is 1. The van der Waals surface area contributed by atoms with Crippen LogP contribution in [0.3, 0.4) is 0 Å². The van der Waals surface area contributed by atoms with Gasteiger partial charge in [-0.05, 0) is 24.3 Å². The summed E-state index contributed by atoms with van der Waals surface area (Å²) in [6.45, 7) is 0.0690. The number of hydrogen-bond donors (Lipinski definition) is 3. The molecule has 0 saturated carbocycles. The Morgan fingerprint density at radius 3 is 2.55 bits per heavy atom. The number of benzene rings is 2. The van der Waals surface area contributed by atoms with Crippen molar-refractivity contribution in [2.24, 2.45) is 0 Å². The zero-order chi connectivity index (χ0) is 20.6. The number of ether oxygens (including phenoxy) is 4. The summed E-state index contributed by atoms with van der Waals surface area (Å²) >= 11 is 0.